The van der Waals surface area contributed by atoms with Crippen molar-refractivity contribution in [3.63, 3.8) is 0 Å². The summed E-state index contributed by atoms with van der Waals surface area (Å²) in [7, 11) is 0. The maximum Gasteiger partial charge on any atom is 0.343 e. The number of carbonyl (C=O) groups is 1. The lowest BCUT2D eigenvalue weighted by molar-refractivity contribution is 0.0524. The minimum atomic E-state index is -0.582. The average Bonchev–Trinajstić information content (AvgIpc) is 3.47. The van der Waals surface area contributed by atoms with Crippen LogP contribution in [0.1, 0.15) is 54.6 Å². The van der Waals surface area contributed by atoms with E-state index in [9.17, 15) is 9.59 Å². The zero-order valence-electron chi connectivity index (χ0n) is 15.9. The Kier molecular flexibility index (Phi) is 4.01. The summed E-state index contributed by atoms with van der Waals surface area (Å²) in [6.07, 6.45) is 11.7. The van der Waals surface area contributed by atoms with Gasteiger partial charge >= 0.3 is 5.97 Å². The highest BCUT2D eigenvalue weighted by atomic mass is 16.5. The van der Waals surface area contributed by atoms with E-state index in [1.54, 1.807) is 19.3 Å². The maximum absolute atomic E-state index is 13.1. The number of nitrogens with zero attached hydrogens (tertiary/aromatic N) is 3. The summed E-state index contributed by atoms with van der Waals surface area (Å²) in [5, 5.41) is 0. The van der Waals surface area contributed by atoms with Gasteiger partial charge in [-0.2, -0.15) is 0 Å². The molecule has 146 valence electrons. The number of pyridine rings is 2. The maximum atomic E-state index is 13.1. The number of aromatic nitrogens is 2. The van der Waals surface area contributed by atoms with Gasteiger partial charge in [0.05, 0.1) is 24.0 Å². The Morgan fingerprint density at radius 2 is 2.18 bits per heavy atom. The zero-order valence-corrected chi connectivity index (χ0v) is 15.9. The summed E-state index contributed by atoms with van der Waals surface area (Å²) in [5.74, 6) is -0.582. The van der Waals surface area contributed by atoms with Crippen LogP contribution in [0.3, 0.4) is 0 Å². The van der Waals surface area contributed by atoms with Crippen LogP contribution in [0.5, 0.6) is 0 Å². The summed E-state index contributed by atoms with van der Waals surface area (Å²) in [6, 6.07) is 0.807. The summed E-state index contributed by atoms with van der Waals surface area (Å²) in [4.78, 5) is 32.3. The van der Waals surface area contributed by atoms with Crippen LogP contribution in [-0.2, 0) is 4.74 Å². The summed E-state index contributed by atoms with van der Waals surface area (Å²) in [6.45, 7) is 2.76. The Hall–Kier alpha value is -2.67. The molecule has 1 aliphatic carbocycles. The Labute approximate surface area is 162 Å². The van der Waals surface area contributed by atoms with Crippen molar-refractivity contribution in [1.82, 2.24) is 9.55 Å². The molecule has 2 atom stereocenters. The molecule has 0 spiro atoms. The van der Waals surface area contributed by atoms with E-state index in [0.29, 0.717) is 11.6 Å². The van der Waals surface area contributed by atoms with Crippen molar-refractivity contribution in [1.29, 1.82) is 0 Å². The van der Waals surface area contributed by atoms with E-state index < -0.39 is 5.97 Å². The number of nitrogens with two attached hydrogens (primary N) is 1. The van der Waals surface area contributed by atoms with Gasteiger partial charge < -0.3 is 19.9 Å². The highest BCUT2D eigenvalue weighted by Crippen LogP contribution is 2.41. The van der Waals surface area contributed by atoms with E-state index in [2.05, 4.69) is 26.6 Å². The fraction of sp³-hybridized carbons (Fsp3) is 0.476. The quantitative estimate of drug-likeness (QED) is 0.821. The monoisotopic (exact) mass is 380 g/mol. The molecular formula is C21H24N4O3. The van der Waals surface area contributed by atoms with E-state index in [4.69, 9.17) is 10.5 Å². The Morgan fingerprint density at radius 3 is 2.93 bits per heavy atom. The van der Waals surface area contributed by atoms with E-state index in [-0.39, 0.29) is 29.7 Å². The standard InChI is InChI=1S/C21H24N4O3/c1-2-28-21(27)16-11-25(13-6-7-13)19-15-5-3-4-14-8-12(22)10-24(14)17(15)9-23-18(19)20(16)26/h3,5,9,11-14H,2,4,6-8,10,22H2,1H3/t12-,14+/m0/s1. The lowest BCUT2D eigenvalue weighted by Gasteiger charge is -2.26. The third kappa shape index (κ3) is 2.64. The van der Waals surface area contributed by atoms with Crippen molar-refractivity contribution in [3.05, 3.63) is 39.8 Å². The molecule has 0 bridgehead atoms. The van der Waals surface area contributed by atoms with Crippen LogP contribution in [0.15, 0.2) is 23.3 Å². The smallest absolute Gasteiger partial charge is 0.343 e. The van der Waals surface area contributed by atoms with Gasteiger partial charge in [-0.3, -0.25) is 4.79 Å². The molecule has 2 N–H and O–H groups in total. The number of rotatable bonds is 3. The van der Waals surface area contributed by atoms with Gasteiger partial charge in [0.25, 0.3) is 0 Å². The number of hydrogen-bond donors (Lipinski definition) is 1. The summed E-state index contributed by atoms with van der Waals surface area (Å²) < 4.78 is 7.16. The van der Waals surface area contributed by atoms with Gasteiger partial charge in [0.1, 0.15) is 11.1 Å². The lowest BCUT2D eigenvalue weighted by Crippen LogP contribution is -2.31. The Balaban J connectivity index is 1.77. The molecule has 7 heteroatoms. The normalized spacial score (nSPS) is 23.4. The van der Waals surface area contributed by atoms with Gasteiger partial charge in [-0.25, -0.2) is 9.78 Å². The number of esters is 1. The van der Waals surface area contributed by atoms with Gasteiger partial charge in [0.2, 0.25) is 5.43 Å². The molecule has 7 nitrogen and oxygen atoms in total. The first-order valence-corrected chi connectivity index (χ1v) is 10.0. The predicted octanol–water partition coefficient (Wildman–Crippen LogP) is 2.23. The molecule has 1 saturated carbocycles. The molecule has 2 aliphatic heterocycles. The van der Waals surface area contributed by atoms with Gasteiger partial charge in [-0.1, -0.05) is 12.2 Å². The van der Waals surface area contributed by atoms with Crippen LogP contribution >= 0.6 is 0 Å². The van der Waals surface area contributed by atoms with E-state index in [0.717, 1.165) is 49.0 Å². The van der Waals surface area contributed by atoms with Crippen LogP contribution in [0.2, 0.25) is 0 Å². The van der Waals surface area contributed by atoms with E-state index in [1.807, 2.05) is 0 Å². The minimum Gasteiger partial charge on any atom is -0.462 e. The molecule has 28 heavy (non-hydrogen) atoms. The molecule has 1 saturated heterocycles. The first-order chi connectivity index (χ1) is 13.6. The van der Waals surface area contributed by atoms with Crippen LogP contribution < -0.4 is 16.1 Å². The largest absolute Gasteiger partial charge is 0.462 e. The molecule has 2 aromatic rings. The SMILES string of the molecule is CCOC(=O)c1cn(C2CC2)c2c3c(cnc2c1=O)N1C[C@@H](N)C[C@H]1CC=C3. The molecule has 0 amide bonds. The Bertz CT molecular complexity index is 1050. The Morgan fingerprint density at radius 1 is 1.36 bits per heavy atom. The molecule has 2 aromatic heterocycles. The fourth-order valence-corrected chi connectivity index (χ4v) is 4.53. The first-order valence-electron chi connectivity index (χ1n) is 10.0. The van der Waals surface area contributed by atoms with Crippen LogP contribution in [0.25, 0.3) is 17.1 Å². The molecular weight excluding hydrogens is 356 g/mol. The van der Waals surface area contributed by atoms with Crippen molar-refractivity contribution in [3.8, 4) is 0 Å². The van der Waals surface area contributed by atoms with Gasteiger partial charge in [-0.15, -0.1) is 0 Å². The third-order valence-corrected chi connectivity index (χ3v) is 5.94. The van der Waals surface area contributed by atoms with Gasteiger partial charge in [0.15, 0.2) is 0 Å². The van der Waals surface area contributed by atoms with Crippen molar-refractivity contribution in [2.24, 2.45) is 5.73 Å². The number of anilines is 1. The van der Waals surface area contributed by atoms with Gasteiger partial charge in [-0.05, 0) is 32.6 Å². The highest BCUT2D eigenvalue weighted by molar-refractivity contribution is 5.97. The van der Waals surface area contributed by atoms with Crippen LogP contribution in [0.4, 0.5) is 5.69 Å². The first kappa shape index (κ1) is 17.4. The third-order valence-electron chi connectivity index (χ3n) is 5.94. The highest BCUT2D eigenvalue weighted by Gasteiger charge is 2.34. The zero-order chi connectivity index (χ0) is 19.4. The number of carbonyl (C=O) groups excluding carboxylic acids is 1. The van der Waals surface area contributed by atoms with Gasteiger partial charge in [0, 0.05) is 36.4 Å². The van der Waals surface area contributed by atoms with Crippen molar-refractivity contribution >= 4 is 28.8 Å². The average molecular weight is 380 g/mol. The molecule has 4 heterocycles. The summed E-state index contributed by atoms with van der Waals surface area (Å²) in [5.41, 5.74) is 9.10. The molecule has 0 aromatic carbocycles. The summed E-state index contributed by atoms with van der Waals surface area (Å²) >= 11 is 0. The molecule has 0 unspecified atom stereocenters. The molecule has 5 rings (SSSR count). The van der Waals surface area contributed by atoms with Crippen LogP contribution in [-0.4, -0.2) is 40.8 Å². The van der Waals surface area contributed by atoms with E-state index >= 15 is 0 Å². The second-order valence-electron chi connectivity index (χ2n) is 7.93. The topological polar surface area (TPSA) is 90.5 Å². The molecule has 0 radical (unpaired) electrons. The van der Waals surface area contributed by atoms with Crippen molar-refractivity contribution in [2.75, 3.05) is 18.1 Å². The predicted molar refractivity (Wildman–Crippen MR) is 108 cm³/mol. The number of fused-ring (bicyclic) bond motifs is 5. The number of ether oxygens (including phenoxy) is 1. The second kappa shape index (κ2) is 6.44. The van der Waals surface area contributed by atoms with Crippen molar-refractivity contribution in [2.45, 2.75) is 50.7 Å². The number of hydrogen-bond acceptors (Lipinski definition) is 6. The second-order valence-corrected chi connectivity index (χ2v) is 7.93. The minimum absolute atomic E-state index is 0.0624. The fourth-order valence-electron chi connectivity index (χ4n) is 4.53. The van der Waals surface area contributed by atoms with Crippen molar-refractivity contribution < 1.29 is 9.53 Å². The van der Waals surface area contributed by atoms with E-state index in [1.165, 1.54) is 0 Å². The lowest BCUT2D eigenvalue weighted by atomic mass is 10.1. The molecule has 3 aliphatic rings. The molecule has 2 fully saturated rings. The van der Waals surface area contributed by atoms with Crippen LogP contribution in [0, 0.1) is 0 Å².